The maximum absolute atomic E-state index is 12.1. The van der Waals surface area contributed by atoms with Gasteiger partial charge in [-0.3, -0.25) is 4.79 Å². The van der Waals surface area contributed by atoms with Gasteiger partial charge in [0.25, 0.3) is 5.91 Å². The van der Waals surface area contributed by atoms with Crippen LogP contribution >= 0.6 is 0 Å². The zero-order chi connectivity index (χ0) is 13.9. The van der Waals surface area contributed by atoms with Crippen molar-refractivity contribution < 1.29 is 19.1 Å². The summed E-state index contributed by atoms with van der Waals surface area (Å²) in [6, 6.07) is -0.230. The van der Waals surface area contributed by atoms with E-state index < -0.39 is 11.7 Å². The van der Waals surface area contributed by atoms with Crippen LogP contribution in [0.1, 0.15) is 41.0 Å². The number of hydrogen-bond acceptors (Lipinski definition) is 4. The quantitative estimate of drug-likeness (QED) is 0.761. The van der Waals surface area contributed by atoms with Gasteiger partial charge in [-0.15, -0.1) is 0 Å². The van der Waals surface area contributed by atoms with Gasteiger partial charge in [-0.05, 0) is 26.7 Å². The number of nitrogens with zero attached hydrogens (tertiary/aromatic N) is 1. The third-order valence-corrected chi connectivity index (χ3v) is 3.01. The second-order valence-corrected chi connectivity index (χ2v) is 5.71. The maximum Gasteiger partial charge on any atom is 0.417 e. The van der Waals surface area contributed by atoms with E-state index in [1.54, 1.807) is 20.8 Å². The van der Waals surface area contributed by atoms with Crippen molar-refractivity contribution in [2.45, 2.75) is 52.7 Å². The van der Waals surface area contributed by atoms with Gasteiger partial charge in [-0.25, -0.2) is 9.69 Å². The van der Waals surface area contributed by atoms with Crippen LogP contribution in [0.15, 0.2) is 0 Å². The molecular weight excluding hydrogens is 234 g/mol. The van der Waals surface area contributed by atoms with Gasteiger partial charge in [0, 0.05) is 0 Å². The molecule has 0 saturated carbocycles. The molecule has 1 saturated heterocycles. The van der Waals surface area contributed by atoms with Crippen LogP contribution in [0, 0.1) is 5.92 Å². The minimum absolute atomic E-state index is 0.0494. The van der Waals surface area contributed by atoms with Gasteiger partial charge in [0.2, 0.25) is 0 Å². The van der Waals surface area contributed by atoms with Crippen molar-refractivity contribution in [3.8, 4) is 0 Å². The van der Waals surface area contributed by atoms with E-state index in [2.05, 4.69) is 0 Å². The molecule has 1 rings (SSSR count). The van der Waals surface area contributed by atoms with E-state index in [4.69, 9.17) is 9.47 Å². The smallest absolute Gasteiger partial charge is 0.417 e. The van der Waals surface area contributed by atoms with Crippen molar-refractivity contribution >= 4 is 12.0 Å². The number of ether oxygens (including phenoxy) is 2. The summed E-state index contributed by atoms with van der Waals surface area (Å²) >= 11 is 0. The first-order chi connectivity index (χ1) is 8.26. The SMILES string of the molecule is CCC(C)[C@@H]1COCC(=O)N1C(=O)OC(C)(C)C. The molecule has 0 spiro atoms. The average molecular weight is 257 g/mol. The molecule has 0 aromatic carbocycles. The molecule has 18 heavy (non-hydrogen) atoms. The number of carbonyl (C=O) groups is 2. The van der Waals surface area contributed by atoms with Gasteiger partial charge < -0.3 is 9.47 Å². The molecule has 104 valence electrons. The van der Waals surface area contributed by atoms with Crippen LogP contribution in [-0.4, -0.2) is 41.8 Å². The molecule has 0 aromatic heterocycles. The topological polar surface area (TPSA) is 55.8 Å². The number of carbonyl (C=O) groups excluding carboxylic acids is 2. The summed E-state index contributed by atoms with van der Waals surface area (Å²) in [5.74, 6) is -0.123. The fourth-order valence-electron chi connectivity index (χ4n) is 1.84. The fraction of sp³-hybridized carbons (Fsp3) is 0.846. The minimum atomic E-state index is -0.602. The molecule has 0 aromatic rings. The molecule has 1 aliphatic heterocycles. The van der Waals surface area contributed by atoms with Gasteiger partial charge in [0.1, 0.15) is 12.2 Å². The summed E-state index contributed by atoms with van der Waals surface area (Å²) in [6.45, 7) is 9.73. The van der Waals surface area contributed by atoms with Crippen LogP contribution in [0.3, 0.4) is 0 Å². The molecule has 2 atom stereocenters. The highest BCUT2D eigenvalue weighted by Crippen LogP contribution is 2.21. The van der Waals surface area contributed by atoms with E-state index in [0.29, 0.717) is 6.61 Å². The lowest BCUT2D eigenvalue weighted by Gasteiger charge is -2.37. The second-order valence-electron chi connectivity index (χ2n) is 5.71. The van der Waals surface area contributed by atoms with Gasteiger partial charge in [-0.2, -0.15) is 0 Å². The lowest BCUT2D eigenvalue weighted by molar-refractivity contribution is -0.148. The second kappa shape index (κ2) is 5.69. The summed E-state index contributed by atoms with van der Waals surface area (Å²) in [5, 5.41) is 0. The Hall–Kier alpha value is -1.10. The van der Waals surface area contributed by atoms with E-state index in [0.717, 1.165) is 6.42 Å². The predicted molar refractivity (Wildman–Crippen MR) is 67.1 cm³/mol. The molecule has 0 aliphatic carbocycles. The van der Waals surface area contributed by atoms with Crippen molar-refractivity contribution in [2.24, 2.45) is 5.92 Å². The van der Waals surface area contributed by atoms with Crippen LogP contribution in [-0.2, 0) is 14.3 Å². The largest absolute Gasteiger partial charge is 0.443 e. The zero-order valence-electron chi connectivity index (χ0n) is 11.9. The standard InChI is InChI=1S/C13H23NO4/c1-6-9(2)10-7-17-8-11(15)14(10)12(16)18-13(3,4)5/h9-10H,6-8H2,1-5H3/t9?,10-/m0/s1. The van der Waals surface area contributed by atoms with Crippen molar-refractivity contribution in [1.82, 2.24) is 4.90 Å². The highest BCUT2D eigenvalue weighted by atomic mass is 16.6. The van der Waals surface area contributed by atoms with Crippen LogP contribution in [0.5, 0.6) is 0 Å². The van der Waals surface area contributed by atoms with E-state index in [-0.39, 0.29) is 24.5 Å². The fourth-order valence-corrected chi connectivity index (χ4v) is 1.84. The Labute approximate surface area is 108 Å². The van der Waals surface area contributed by atoms with Crippen molar-refractivity contribution in [2.75, 3.05) is 13.2 Å². The van der Waals surface area contributed by atoms with Crippen molar-refractivity contribution in [3.63, 3.8) is 0 Å². The molecule has 1 heterocycles. The van der Waals surface area contributed by atoms with E-state index in [9.17, 15) is 9.59 Å². The van der Waals surface area contributed by atoms with Crippen molar-refractivity contribution in [1.29, 1.82) is 0 Å². The number of morpholine rings is 1. The summed E-state index contributed by atoms with van der Waals surface area (Å²) in [5.41, 5.74) is -0.602. The molecule has 5 heteroatoms. The first-order valence-corrected chi connectivity index (χ1v) is 6.39. The van der Waals surface area contributed by atoms with E-state index in [1.807, 2.05) is 13.8 Å². The summed E-state index contributed by atoms with van der Waals surface area (Å²) in [7, 11) is 0. The van der Waals surface area contributed by atoms with Gasteiger partial charge in [0.05, 0.1) is 12.6 Å². The summed E-state index contributed by atoms with van der Waals surface area (Å²) in [6.07, 6.45) is 0.307. The molecule has 1 fully saturated rings. The predicted octanol–water partition coefficient (Wildman–Crippen LogP) is 2.20. The first kappa shape index (κ1) is 15.0. The molecule has 0 bridgehead atoms. The van der Waals surface area contributed by atoms with Crippen LogP contribution in [0.4, 0.5) is 4.79 Å². The Bertz CT molecular complexity index is 321. The molecule has 0 N–H and O–H groups in total. The van der Waals surface area contributed by atoms with E-state index in [1.165, 1.54) is 4.90 Å². The van der Waals surface area contributed by atoms with E-state index >= 15 is 0 Å². The summed E-state index contributed by atoms with van der Waals surface area (Å²) in [4.78, 5) is 25.2. The lowest BCUT2D eigenvalue weighted by atomic mass is 9.97. The third-order valence-electron chi connectivity index (χ3n) is 3.01. The number of imide groups is 1. The number of rotatable bonds is 2. The Balaban J connectivity index is 2.84. The van der Waals surface area contributed by atoms with Gasteiger partial charge >= 0.3 is 6.09 Å². The molecule has 5 nitrogen and oxygen atoms in total. The molecule has 2 amide bonds. The lowest BCUT2D eigenvalue weighted by Crippen LogP contribution is -2.55. The zero-order valence-corrected chi connectivity index (χ0v) is 11.9. The Morgan fingerprint density at radius 1 is 1.56 bits per heavy atom. The molecule has 1 aliphatic rings. The van der Waals surface area contributed by atoms with Crippen LogP contribution in [0.25, 0.3) is 0 Å². The Morgan fingerprint density at radius 3 is 2.67 bits per heavy atom. The monoisotopic (exact) mass is 257 g/mol. The summed E-state index contributed by atoms with van der Waals surface area (Å²) < 4.78 is 10.5. The number of hydrogen-bond donors (Lipinski definition) is 0. The van der Waals surface area contributed by atoms with Gasteiger partial charge in [-0.1, -0.05) is 20.3 Å². The highest BCUT2D eigenvalue weighted by molar-refractivity contribution is 5.93. The Morgan fingerprint density at radius 2 is 2.17 bits per heavy atom. The van der Waals surface area contributed by atoms with Crippen LogP contribution < -0.4 is 0 Å². The molecule has 1 unspecified atom stereocenters. The highest BCUT2D eigenvalue weighted by Gasteiger charge is 2.38. The molecule has 0 radical (unpaired) electrons. The first-order valence-electron chi connectivity index (χ1n) is 6.39. The van der Waals surface area contributed by atoms with Gasteiger partial charge in [0.15, 0.2) is 0 Å². The minimum Gasteiger partial charge on any atom is -0.443 e. The Kier molecular flexibility index (Phi) is 4.73. The van der Waals surface area contributed by atoms with Crippen LogP contribution in [0.2, 0.25) is 0 Å². The average Bonchev–Trinajstić information content (AvgIpc) is 2.25. The number of amides is 2. The maximum atomic E-state index is 12.1. The molecular formula is C13H23NO4. The van der Waals surface area contributed by atoms with Crippen molar-refractivity contribution in [3.05, 3.63) is 0 Å². The normalized spacial score (nSPS) is 22.8. The third kappa shape index (κ3) is 3.70.